The lowest BCUT2D eigenvalue weighted by Gasteiger charge is -2.20. The Morgan fingerprint density at radius 1 is 1.32 bits per heavy atom. The second-order valence-corrected chi connectivity index (χ2v) is 10.5. The van der Waals surface area contributed by atoms with Crippen molar-refractivity contribution >= 4 is 64.8 Å². The van der Waals surface area contributed by atoms with Crippen LogP contribution in [0.15, 0.2) is 14.1 Å². The molecule has 0 spiro atoms. The first-order valence-corrected chi connectivity index (χ1v) is 10.4. The first kappa shape index (κ1) is 16.2. The van der Waals surface area contributed by atoms with Crippen molar-refractivity contribution in [1.29, 1.82) is 0 Å². The first-order valence-electron chi connectivity index (χ1n) is 6.01. The van der Waals surface area contributed by atoms with Gasteiger partial charge in [0.1, 0.15) is 4.21 Å². The zero-order valence-corrected chi connectivity index (χ0v) is 15.6. The highest BCUT2D eigenvalue weighted by atomic mass is 79.9. The number of sulfonamides is 1. The third-order valence-corrected chi connectivity index (χ3v) is 8.66. The zero-order chi connectivity index (χ0) is 14.0. The van der Waals surface area contributed by atoms with Crippen molar-refractivity contribution in [3.8, 4) is 0 Å². The Morgan fingerprint density at radius 3 is 2.63 bits per heavy atom. The highest BCUT2D eigenvalue weighted by Crippen LogP contribution is 2.35. The summed E-state index contributed by atoms with van der Waals surface area (Å²) in [6, 6.07) is 1.44. The van der Waals surface area contributed by atoms with E-state index in [2.05, 4.69) is 36.6 Å². The van der Waals surface area contributed by atoms with Gasteiger partial charge in [0.2, 0.25) is 10.0 Å². The Balaban J connectivity index is 2.16. The van der Waals surface area contributed by atoms with Gasteiger partial charge in [-0.2, -0.15) is 0 Å². The monoisotopic (exact) mass is 449 g/mol. The van der Waals surface area contributed by atoms with E-state index in [1.807, 2.05) is 0 Å². The number of hydrogen-bond acceptors (Lipinski definition) is 3. The Kier molecular flexibility index (Phi) is 5.77. The highest BCUT2D eigenvalue weighted by Gasteiger charge is 2.28. The van der Waals surface area contributed by atoms with Crippen LogP contribution in [-0.4, -0.2) is 19.3 Å². The van der Waals surface area contributed by atoms with Gasteiger partial charge in [0.15, 0.2) is 0 Å². The van der Waals surface area contributed by atoms with Crippen LogP contribution >= 0.6 is 54.8 Å². The van der Waals surface area contributed by atoms with Crippen LogP contribution in [0.1, 0.15) is 32.1 Å². The van der Waals surface area contributed by atoms with Gasteiger partial charge in [-0.15, -0.1) is 11.3 Å². The lowest BCUT2D eigenvalue weighted by Crippen LogP contribution is -2.39. The van der Waals surface area contributed by atoms with Gasteiger partial charge in [0.05, 0.1) is 8.81 Å². The van der Waals surface area contributed by atoms with Crippen LogP contribution < -0.4 is 4.72 Å². The van der Waals surface area contributed by atoms with E-state index >= 15 is 0 Å². The van der Waals surface area contributed by atoms with E-state index in [-0.39, 0.29) is 15.1 Å². The molecule has 1 N–H and O–H groups in total. The second kappa shape index (κ2) is 6.75. The molecule has 2 unspecified atom stereocenters. The second-order valence-electron chi connectivity index (χ2n) is 4.57. The van der Waals surface area contributed by atoms with Crippen LogP contribution in [0.5, 0.6) is 0 Å². The molecule has 1 heterocycles. The topological polar surface area (TPSA) is 46.2 Å². The summed E-state index contributed by atoms with van der Waals surface area (Å²) < 4.78 is 28.3. The van der Waals surface area contributed by atoms with E-state index in [1.54, 1.807) is 0 Å². The minimum absolute atomic E-state index is 0.0489. The molecule has 2 atom stereocenters. The lowest BCUT2D eigenvalue weighted by molar-refractivity contribution is 0.522. The Morgan fingerprint density at radius 2 is 2.00 bits per heavy atom. The van der Waals surface area contributed by atoms with E-state index in [1.165, 1.54) is 6.07 Å². The molecular formula is C11H14Br2ClNO2S2. The van der Waals surface area contributed by atoms with E-state index in [0.717, 1.165) is 43.4 Å². The number of nitrogens with one attached hydrogen (secondary N) is 1. The number of thiophene rings is 1. The molecule has 1 aromatic heterocycles. The van der Waals surface area contributed by atoms with Crippen molar-refractivity contribution in [2.75, 3.05) is 0 Å². The van der Waals surface area contributed by atoms with Crippen molar-refractivity contribution in [1.82, 2.24) is 4.72 Å². The van der Waals surface area contributed by atoms with Crippen LogP contribution in [0.4, 0.5) is 0 Å². The molecule has 0 bridgehead atoms. The molecule has 1 aliphatic rings. The highest BCUT2D eigenvalue weighted by molar-refractivity contribution is 9.11. The van der Waals surface area contributed by atoms with E-state index in [9.17, 15) is 8.42 Å². The lowest BCUT2D eigenvalue weighted by atomic mass is 10.1. The van der Waals surface area contributed by atoms with Crippen LogP contribution in [-0.2, 0) is 10.0 Å². The summed E-state index contributed by atoms with van der Waals surface area (Å²) in [7, 11) is -3.49. The summed E-state index contributed by atoms with van der Waals surface area (Å²) in [5, 5.41) is 0.432. The smallest absolute Gasteiger partial charge is 0.206 e. The first-order chi connectivity index (χ1) is 8.90. The molecule has 0 saturated heterocycles. The van der Waals surface area contributed by atoms with Gasteiger partial charge < -0.3 is 0 Å². The quantitative estimate of drug-likeness (QED) is 0.542. The average Bonchev–Trinajstić information content (AvgIpc) is 2.55. The SMILES string of the molecule is O=S(=O)(NC1CCCCCC1Br)c1cc(Cl)c(Br)s1. The molecule has 0 radical (unpaired) electrons. The molecule has 19 heavy (non-hydrogen) atoms. The summed E-state index contributed by atoms with van der Waals surface area (Å²) >= 11 is 13.9. The fourth-order valence-corrected chi connectivity index (χ4v) is 6.73. The summed E-state index contributed by atoms with van der Waals surface area (Å²) in [6.45, 7) is 0. The predicted molar refractivity (Wildman–Crippen MR) is 86.9 cm³/mol. The fraction of sp³-hybridized carbons (Fsp3) is 0.636. The summed E-state index contributed by atoms with van der Waals surface area (Å²) in [4.78, 5) is 0.198. The van der Waals surface area contributed by atoms with Gasteiger partial charge in [0.25, 0.3) is 0 Å². The van der Waals surface area contributed by atoms with Gasteiger partial charge in [-0.05, 0) is 34.8 Å². The molecule has 2 rings (SSSR count). The Bertz CT molecular complexity index is 527. The number of halogens is 3. The van der Waals surface area contributed by atoms with Crippen molar-refractivity contribution < 1.29 is 8.42 Å². The number of alkyl halides is 1. The summed E-state index contributed by atoms with van der Waals surface area (Å²) in [6.07, 6.45) is 5.24. The van der Waals surface area contributed by atoms with Crippen LogP contribution in [0, 0.1) is 0 Å². The van der Waals surface area contributed by atoms with Crippen molar-refractivity contribution in [3.05, 3.63) is 14.9 Å². The maximum Gasteiger partial charge on any atom is 0.250 e. The van der Waals surface area contributed by atoms with E-state index in [4.69, 9.17) is 11.6 Å². The van der Waals surface area contributed by atoms with Crippen LogP contribution in [0.25, 0.3) is 0 Å². The predicted octanol–water partition coefficient (Wildman–Crippen LogP) is 4.54. The van der Waals surface area contributed by atoms with Crippen molar-refractivity contribution in [2.45, 2.75) is 47.2 Å². The third-order valence-electron chi connectivity index (χ3n) is 3.13. The molecule has 1 aliphatic carbocycles. The van der Waals surface area contributed by atoms with Gasteiger partial charge in [0, 0.05) is 10.9 Å². The van der Waals surface area contributed by atoms with Crippen molar-refractivity contribution in [3.63, 3.8) is 0 Å². The maximum absolute atomic E-state index is 12.3. The molecule has 8 heteroatoms. The molecule has 3 nitrogen and oxygen atoms in total. The molecule has 0 aliphatic heterocycles. The van der Waals surface area contributed by atoms with Crippen LogP contribution in [0.2, 0.25) is 5.02 Å². The molecule has 0 amide bonds. The Hall–Kier alpha value is 0.860. The van der Waals surface area contributed by atoms with Gasteiger partial charge in [-0.1, -0.05) is 46.8 Å². The van der Waals surface area contributed by atoms with E-state index in [0.29, 0.717) is 8.81 Å². The number of hydrogen-bond donors (Lipinski definition) is 1. The third kappa shape index (κ3) is 4.17. The molecule has 1 saturated carbocycles. The fourth-order valence-electron chi connectivity index (χ4n) is 2.11. The van der Waals surface area contributed by atoms with Crippen molar-refractivity contribution in [2.24, 2.45) is 0 Å². The van der Waals surface area contributed by atoms with Gasteiger partial charge in [-0.25, -0.2) is 13.1 Å². The van der Waals surface area contributed by atoms with E-state index < -0.39 is 10.0 Å². The normalized spacial score (nSPS) is 25.2. The summed E-state index contributed by atoms with van der Waals surface area (Å²) in [5.74, 6) is 0. The zero-order valence-electron chi connectivity index (χ0n) is 10.0. The molecule has 108 valence electrons. The minimum atomic E-state index is -3.49. The van der Waals surface area contributed by atoms with Gasteiger partial charge in [-0.3, -0.25) is 0 Å². The average molecular weight is 452 g/mol. The summed E-state index contributed by atoms with van der Waals surface area (Å²) in [5.41, 5.74) is 0. The van der Waals surface area contributed by atoms with Crippen LogP contribution in [0.3, 0.4) is 0 Å². The molecule has 1 fully saturated rings. The minimum Gasteiger partial charge on any atom is -0.206 e. The standard InChI is InChI=1S/C11H14Br2ClNO2S2/c12-7-4-2-1-3-5-9(7)15-19(16,17)10-6-8(14)11(13)18-10/h6-7,9,15H,1-5H2. The number of rotatable bonds is 3. The van der Waals surface area contributed by atoms with Gasteiger partial charge >= 0.3 is 0 Å². The molecular weight excluding hydrogens is 438 g/mol. The molecule has 0 aromatic carbocycles. The molecule has 1 aromatic rings. The Labute approximate surface area is 139 Å². The maximum atomic E-state index is 12.3. The largest absolute Gasteiger partial charge is 0.250 e.